The van der Waals surface area contributed by atoms with Crippen molar-refractivity contribution in [3.05, 3.63) is 29.3 Å². The summed E-state index contributed by atoms with van der Waals surface area (Å²) in [5, 5.41) is 2.58. The lowest BCUT2D eigenvalue weighted by atomic mass is 10.1. The largest absolute Gasteiger partial charge is 0.481 e. The zero-order chi connectivity index (χ0) is 14.4. The molecule has 0 aliphatic rings. The fourth-order valence-corrected chi connectivity index (χ4v) is 1.66. The van der Waals surface area contributed by atoms with Gasteiger partial charge in [-0.1, -0.05) is 23.6 Å². The molecule has 1 unspecified atom stereocenters. The Morgan fingerprint density at radius 3 is 2.79 bits per heavy atom. The van der Waals surface area contributed by atoms with Crippen LogP contribution in [0.2, 0.25) is 0 Å². The Hall–Kier alpha value is -1.99. The molecule has 1 amide bonds. The highest BCUT2D eigenvalue weighted by Crippen LogP contribution is 2.25. The molecule has 0 heterocycles. The second-order valence-corrected chi connectivity index (χ2v) is 4.51. The maximum Gasteiger partial charge on any atom is 0.261 e. The molecule has 1 aromatic rings. The standard InChI is InChI=1S/C15H20N2O2/c1-5-8-17-15(18)12(4)19-14-7-6-10(2)9-13(14)11(3)16/h1,6-7,9,11-12H,8,16H2,2-4H3,(H,17,18)/t11-,12?/m1/s1. The Kier molecular flexibility index (Phi) is 5.40. The van der Waals surface area contributed by atoms with Crippen LogP contribution in [-0.4, -0.2) is 18.6 Å². The number of nitrogens with one attached hydrogen (secondary N) is 1. The van der Waals surface area contributed by atoms with Crippen LogP contribution in [0.15, 0.2) is 18.2 Å². The Morgan fingerprint density at radius 2 is 2.21 bits per heavy atom. The minimum atomic E-state index is -0.617. The Balaban J connectivity index is 2.82. The van der Waals surface area contributed by atoms with Gasteiger partial charge in [-0.25, -0.2) is 0 Å². The quantitative estimate of drug-likeness (QED) is 0.789. The zero-order valence-corrected chi connectivity index (χ0v) is 11.6. The van der Waals surface area contributed by atoms with Crippen molar-refractivity contribution >= 4 is 5.91 Å². The molecule has 0 aliphatic heterocycles. The summed E-state index contributed by atoms with van der Waals surface area (Å²) in [6.45, 7) is 5.74. The van der Waals surface area contributed by atoms with Crippen LogP contribution in [0.1, 0.15) is 31.0 Å². The number of terminal acetylenes is 1. The van der Waals surface area contributed by atoms with Gasteiger partial charge in [-0.05, 0) is 26.8 Å². The Morgan fingerprint density at radius 1 is 1.53 bits per heavy atom. The summed E-state index contributed by atoms with van der Waals surface area (Å²) in [6, 6.07) is 5.56. The van der Waals surface area contributed by atoms with E-state index in [4.69, 9.17) is 16.9 Å². The summed E-state index contributed by atoms with van der Waals surface area (Å²) in [5.74, 6) is 2.73. The maximum atomic E-state index is 11.7. The van der Waals surface area contributed by atoms with Crippen molar-refractivity contribution in [3.8, 4) is 18.1 Å². The number of amides is 1. The van der Waals surface area contributed by atoms with Crippen LogP contribution in [0.25, 0.3) is 0 Å². The van der Waals surface area contributed by atoms with Crippen LogP contribution < -0.4 is 15.8 Å². The lowest BCUT2D eigenvalue weighted by Gasteiger charge is -2.18. The lowest BCUT2D eigenvalue weighted by Crippen LogP contribution is -2.36. The molecule has 0 bridgehead atoms. The first-order valence-corrected chi connectivity index (χ1v) is 6.19. The third-order valence-electron chi connectivity index (χ3n) is 2.69. The fourth-order valence-electron chi connectivity index (χ4n) is 1.66. The second kappa shape index (κ2) is 6.81. The Bertz CT molecular complexity index is 489. The molecule has 0 saturated heterocycles. The van der Waals surface area contributed by atoms with Gasteiger partial charge in [0.15, 0.2) is 6.10 Å². The highest BCUT2D eigenvalue weighted by Gasteiger charge is 2.16. The highest BCUT2D eigenvalue weighted by atomic mass is 16.5. The van der Waals surface area contributed by atoms with Gasteiger partial charge < -0.3 is 15.8 Å². The number of aryl methyl sites for hydroxylation is 1. The monoisotopic (exact) mass is 260 g/mol. The fraction of sp³-hybridized carbons (Fsp3) is 0.400. The summed E-state index contributed by atoms with van der Waals surface area (Å²) in [7, 11) is 0. The van der Waals surface area contributed by atoms with Crippen molar-refractivity contribution in [1.82, 2.24) is 5.32 Å². The van der Waals surface area contributed by atoms with E-state index < -0.39 is 6.10 Å². The van der Waals surface area contributed by atoms with Gasteiger partial charge in [-0.2, -0.15) is 0 Å². The first kappa shape index (κ1) is 15.1. The summed E-state index contributed by atoms with van der Waals surface area (Å²) in [4.78, 5) is 11.7. The van der Waals surface area contributed by atoms with E-state index in [9.17, 15) is 4.79 Å². The average Bonchev–Trinajstić information content (AvgIpc) is 2.37. The molecule has 0 radical (unpaired) electrons. The predicted octanol–water partition coefficient (Wildman–Crippen LogP) is 1.53. The summed E-state index contributed by atoms with van der Waals surface area (Å²) in [5.41, 5.74) is 7.90. The summed E-state index contributed by atoms with van der Waals surface area (Å²) < 4.78 is 5.66. The van der Waals surface area contributed by atoms with Crippen molar-refractivity contribution in [2.75, 3.05) is 6.54 Å². The molecule has 4 heteroatoms. The summed E-state index contributed by atoms with van der Waals surface area (Å²) >= 11 is 0. The van der Waals surface area contributed by atoms with Gasteiger partial charge in [0.25, 0.3) is 5.91 Å². The smallest absolute Gasteiger partial charge is 0.261 e. The van der Waals surface area contributed by atoms with Crippen LogP contribution in [0.5, 0.6) is 5.75 Å². The Labute approximate surface area is 114 Å². The molecule has 0 spiro atoms. The van der Waals surface area contributed by atoms with Gasteiger partial charge in [0.05, 0.1) is 6.54 Å². The zero-order valence-electron chi connectivity index (χ0n) is 11.6. The number of ether oxygens (including phenoxy) is 1. The minimum absolute atomic E-state index is 0.157. The normalized spacial score (nSPS) is 13.2. The van der Waals surface area contributed by atoms with E-state index in [1.807, 2.05) is 32.0 Å². The molecule has 19 heavy (non-hydrogen) atoms. The van der Waals surface area contributed by atoms with Crippen molar-refractivity contribution in [2.24, 2.45) is 5.73 Å². The molecule has 2 atom stereocenters. The predicted molar refractivity (Wildman–Crippen MR) is 75.7 cm³/mol. The van der Waals surface area contributed by atoms with E-state index in [2.05, 4.69) is 11.2 Å². The molecule has 4 nitrogen and oxygen atoms in total. The van der Waals surface area contributed by atoms with Crippen LogP contribution in [0.4, 0.5) is 0 Å². The molecule has 0 saturated carbocycles. The molecule has 1 aromatic carbocycles. The van der Waals surface area contributed by atoms with E-state index in [1.54, 1.807) is 6.92 Å². The van der Waals surface area contributed by atoms with E-state index in [0.717, 1.165) is 11.1 Å². The molecule has 0 aromatic heterocycles. The number of carbonyl (C=O) groups excluding carboxylic acids is 1. The number of carbonyl (C=O) groups is 1. The number of hydrogen-bond acceptors (Lipinski definition) is 3. The SMILES string of the molecule is C#CCNC(=O)C(C)Oc1ccc(C)cc1[C@@H](C)N. The molecular formula is C15H20N2O2. The first-order chi connectivity index (χ1) is 8.95. The number of hydrogen-bond donors (Lipinski definition) is 2. The van der Waals surface area contributed by atoms with E-state index >= 15 is 0 Å². The maximum absolute atomic E-state index is 11.7. The second-order valence-electron chi connectivity index (χ2n) is 4.51. The lowest BCUT2D eigenvalue weighted by molar-refractivity contribution is -0.127. The highest BCUT2D eigenvalue weighted by molar-refractivity contribution is 5.80. The van der Waals surface area contributed by atoms with Crippen molar-refractivity contribution < 1.29 is 9.53 Å². The molecule has 3 N–H and O–H groups in total. The van der Waals surface area contributed by atoms with Gasteiger partial charge in [-0.15, -0.1) is 6.42 Å². The number of nitrogens with two attached hydrogens (primary N) is 1. The van der Waals surface area contributed by atoms with Crippen molar-refractivity contribution in [3.63, 3.8) is 0 Å². The molecule has 102 valence electrons. The van der Waals surface area contributed by atoms with Crippen molar-refractivity contribution in [2.45, 2.75) is 32.9 Å². The average molecular weight is 260 g/mol. The number of benzene rings is 1. The molecule has 0 fully saturated rings. The third kappa shape index (κ3) is 4.31. The van der Waals surface area contributed by atoms with Gasteiger partial charge in [-0.3, -0.25) is 4.79 Å². The number of rotatable bonds is 5. The van der Waals surface area contributed by atoms with Gasteiger partial charge in [0.1, 0.15) is 5.75 Å². The van der Waals surface area contributed by atoms with Gasteiger partial charge in [0.2, 0.25) is 0 Å². The van der Waals surface area contributed by atoms with Crippen LogP contribution in [0, 0.1) is 19.3 Å². The minimum Gasteiger partial charge on any atom is -0.481 e. The van der Waals surface area contributed by atoms with E-state index in [0.29, 0.717) is 5.75 Å². The first-order valence-electron chi connectivity index (χ1n) is 6.19. The molecule has 0 aliphatic carbocycles. The van der Waals surface area contributed by atoms with Gasteiger partial charge in [0, 0.05) is 11.6 Å². The van der Waals surface area contributed by atoms with Crippen LogP contribution in [0.3, 0.4) is 0 Å². The summed E-state index contributed by atoms with van der Waals surface area (Å²) in [6.07, 6.45) is 4.47. The topological polar surface area (TPSA) is 64.3 Å². The van der Waals surface area contributed by atoms with E-state index in [-0.39, 0.29) is 18.5 Å². The van der Waals surface area contributed by atoms with Gasteiger partial charge >= 0.3 is 0 Å². The van der Waals surface area contributed by atoms with Crippen LogP contribution >= 0.6 is 0 Å². The van der Waals surface area contributed by atoms with Crippen LogP contribution in [-0.2, 0) is 4.79 Å². The molecular weight excluding hydrogens is 240 g/mol. The molecule has 1 rings (SSSR count). The third-order valence-corrected chi connectivity index (χ3v) is 2.69. The van der Waals surface area contributed by atoms with Crippen molar-refractivity contribution in [1.29, 1.82) is 0 Å². The van der Waals surface area contributed by atoms with E-state index in [1.165, 1.54) is 0 Å².